The number of benzene rings is 1. The molecule has 0 radical (unpaired) electrons. The van der Waals surface area contributed by atoms with Gasteiger partial charge < -0.3 is 9.80 Å². The Morgan fingerprint density at radius 1 is 1.25 bits per heavy atom. The van der Waals surface area contributed by atoms with Crippen LogP contribution in [0, 0.1) is 5.92 Å². The molecule has 0 unspecified atom stereocenters. The minimum absolute atomic E-state index is 0.0745. The summed E-state index contributed by atoms with van der Waals surface area (Å²) in [4.78, 5) is 17.7. The minimum atomic E-state index is 0.0745. The SMILES string of the molecule is CCc1nnsc1C(=O)N(Cc1ccc(N(C)C)cc1)CC1CC1. The summed E-state index contributed by atoms with van der Waals surface area (Å²) >= 11 is 1.22. The van der Waals surface area contributed by atoms with E-state index in [4.69, 9.17) is 0 Å². The lowest BCUT2D eigenvalue weighted by Gasteiger charge is -2.23. The highest BCUT2D eigenvalue weighted by atomic mass is 32.1. The van der Waals surface area contributed by atoms with Crippen molar-refractivity contribution in [2.75, 3.05) is 25.5 Å². The molecule has 3 rings (SSSR count). The zero-order valence-corrected chi connectivity index (χ0v) is 15.3. The Hall–Kier alpha value is -1.95. The highest BCUT2D eigenvalue weighted by Crippen LogP contribution is 2.31. The summed E-state index contributed by atoms with van der Waals surface area (Å²) < 4.78 is 3.97. The van der Waals surface area contributed by atoms with Crippen molar-refractivity contribution in [3.8, 4) is 0 Å². The summed E-state index contributed by atoms with van der Waals surface area (Å²) in [5.74, 6) is 0.728. The molecule has 0 saturated heterocycles. The summed E-state index contributed by atoms with van der Waals surface area (Å²) in [6.07, 6.45) is 3.20. The summed E-state index contributed by atoms with van der Waals surface area (Å²) in [6, 6.07) is 8.41. The molecule has 1 amide bonds. The molecule has 0 N–H and O–H groups in total. The number of hydrogen-bond donors (Lipinski definition) is 0. The molecule has 0 spiro atoms. The van der Waals surface area contributed by atoms with E-state index in [9.17, 15) is 4.79 Å². The van der Waals surface area contributed by atoms with Crippen molar-refractivity contribution in [1.29, 1.82) is 0 Å². The van der Waals surface area contributed by atoms with Gasteiger partial charge in [-0.05, 0) is 54.4 Å². The van der Waals surface area contributed by atoms with Gasteiger partial charge in [0.05, 0.1) is 5.69 Å². The highest BCUT2D eigenvalue weighted by Gasteiger charge is 2.29. The van der Waals surface area contributed by atoms with E-state index in [1.54, 1.807) is 0 Å². The van der Waals surface area contributed by atoms with Gasteiger partial charge >= 0.3 is 0 Å². The maximum Gasteiger partial charge on any atom is 0.267 e. The average molecular weight is 344 g/mol. The van der Waals surface area contributed by atoms with Crippen molar-refractivity contribution in [2.24, 2.45) is 5.92 Å². The van der Waals surface area contributed by atoms with Gasteiger partial charge in [-0.2, -0.15) is 0 Å². The van der Waals surface area contributed by atoms with E-state index in [0.29, 0.717) is 17.3 Å². The van der Waals surface area contributed by atoms with Crippen molar-refractivity contribution in [3.63, 3.8) is 0 Å². The number of rotatable bonds is 7. The van der Waals surface area contributed by atoms with Gasteiger partial charge in [-0.3, -0.25) is 4.79 Å². The molecule has 1 aliphatic carbocycles. The second kappa shape index (κ2) is 7.30. The van der Waals surface area contributed by atoms with Crippen LogP contribution in [0.2, 0.25) is 0 Å². The van der Waals surface area contributed by atoms with Crippen molar-refractivity contribution >= 4 is 23.1 Å². The molecule has 0 aliphatic heterocycles. The van der Waals surface area contributed by atoms with Gasteiger partial charge in [0.2, 0.25) is 0 Å². The van der Waals surface area contributed by atoms with Crippen LogP contribution >= 0.6 is 11.5 Å². The van der Waals surface area contributed by atoms with Crippen LogP contribution in [-0.2, 0) is 13.0 Å². The van der Waals surface area contributed by atoms with Gasteiger partial charge in [-0.25, -0.2) is 0 Å². The average Bonchev–Trinajstić information content (AvgIpc) is 3.27. The molecular weight excluding hydrogens is 320 g/mol. The lowest BCUT2D eigenvalue weighted by Crippen LogP contribution is -2.32. The molecule has 0 atom stereocenters. The normalized spacial score (nSPS) is 13.8. The number of carbonyl (C=O) groups excluding carboxylic acids is 1. The number of amides is 1. The molecule has 24 heavy (non-hydrogen) atoms. The predicted octanol–water partition coefficient (Wildman–Crippen LogP) is 3.22. The zero-order valence-electron chi connectivity index (χ0n) is 14.5. The molecular formula is C18H24N4OS. The van der Waals surface area contributed by atoms with Crippen LogP contribution in [0.5, 0.6) is 0 Å². The Balaban J connectivity index is 1.77. The molecule has 128 valence electrons. The molecule has 5 nitrogen and oxygen atoms in total. The fraction of sp³-hybridized carbons (Fsp3) is 0.500. The lowest BCUT2D eigenvalue weighted by molar-refractivity contribution is 0.0738. The van der Waals surface area contributed by atoms with Crippen LogP contribution < -0.4 is 4.90 Å². The number of carbonyl (C=O) groups is 1. The second-order valence-electron chi connectivity index (χ2n) is 6.59. The van der Waals surface area contributed by atoms with E-state index in [0.717, 1.165) is 24.2 Å². The first-order chi connectivity index (χ1) is 11.6. The van der Waals surface area contributed by atoms with Crippen molar-refractivity contribution in [3.05, 3.63) is 40.4 Å². The van der Waals surface area contributed by atoms with E-state index in [-0.39, 0.29) is 5.91 Å². The molecule has 1 aromatic heterocycles. The number of aromatic nitrogens is 2. The van der Waals surface area contributed by atoms with Crippen LogP contribution in [0.3, 0.4) is 0 Å². The third kappa shape index (κ3) is 3.93. The van der Waals surface area contributed by atoms with Gasteiger partial charge in [-0.15, -0.1) is 5.10 Å². The Morgan fingerprint density at radius 2 is 1.96 bits per heavy atom. The van der Waals surface area contributed by atoms with Crippen molar-refractivity contribution in [1.82, 2.24) is 14.5 Å². The van der Waals surface area contributed by atoms with Crippen LogP contribution in [0.25, 0.3) is 0 Å². The molecule has 1 saturated carbocycles. The van der Waals surface area contributed by atoms with E-state index in [2.05, 4.69) is 38.8 Å². The smallest absolute Gasteiger partial charge is 0.267 e. The zero-order chi connectivity index (χ0) is 17.1. The van der Waals surface area contributed by atoms with E-state index in [1.807, 2.05) is 25.9 Å². The summed E-state index contributed by atoms with van der Waals surface area (Å²) in [7, 11) is 4.06. The highest BCUT2D eigenvalue weighted by molar-refractivity contribution is 7.08. The standard InChI is InChI=1S/C18H24N4OS/c1-4-16-17(24-20-19-16)18(23)22(11-13-5-6-13)12-14-7-9-15(10-8-14)21(2)3/h7-10,13H,4-6,11-12H2,1-3H3. The fourth-order valence-corrected chi connectivity index (χ4v) is 3.42. The quantitative estimate of drug-likeness (QED) is 0.774. The maximum atomic E-state index is 13.0. The van der Waals surface area contributed by atoms with Crippen LogP contribution in [-0.4, -0.2) is 41.0 Å². The second-order valence-corrected chi connectivity index (χ2v) is 7.35. The topological polar surface area (TPSA) is 49.3 Å². The van der Waals surface area contributed by atoms with E-state index >= 15 is 0 Å². The van der Waals surface area contributed by atoms with Gasteiger partial charge in [-0.1, -0.05) is 23.5 Å². The first kappa shape index (κ1) is 16.9. The van der Waals surface area contributed by atoms with Crippen molar-refractivity contribution < 1.29 is 4.79 Å². The Kier molecular flexibility index (Phi) is 5.14. The number of nitrogens with zero attached hydrogens (tertiary/aromatic N) is 4. The van der Waals surface area contributed by atoms with Crippen LogP contribution in [0.15, 0.2) is 24.3 Å². The van der Waals surface area contributed by atoms with Crippen molar-refractivity contribution in [2.45, 2.75) is 32.7 Å². The molecule has 0 bridgehead atoms. The Labute approximate surface area is 147 Å². The fourth-order valence-electron chi connectivity index (χ4n) is 2.70. The largest absolute Gasteiger partial charge is 0.378 e. The minimum Gasteiger partial charge on any atom is -0.378 e. The number of aryl methyl sites for hydroxylation is 1. The third-order valence-electron chi connectivity index (χ3n) is 4.37. The number of anilines is 1. The Bertz CT molecular complexity index is 691. The van der Waals surface area contributed by atoms with E-state index < -0.39 is 0 Å². The molecule has 2 aromatic rings. The lowest BCUT2D eigenvalue weighted by atomic mass is 10.1. The van der Waals surface area contributed by atoms with Crippen LogP contribution in [0.4, 0.5) is 5.69 Å². The maximum absolute atomic E-state index is 13.0. The van der Waals surface area contributed by atoms with Gasteiger partial charge in [0.15, 0.2) is 0 Å². The summed E-state index contributed by atoms with van der Waals surface area (Å²) in [5, 5.41) is 4.09. The molecule has 1 heterocycles. The number of hydrogen-bond acceptors (Lipinski definition) is 5. The predicted molar refractivity (Wildman–Crippen MR) is 97.5 cm³/mol. The monoisotopic (exact) mass is 344 g/mol. The van der Waals surface area contributed by atoms with Crippen LogP contribution in [0.1, 0.15) is 40.7 Å². The summed E-state index contributed by atoms with van der Waals surface area (Å²) in [6.45, 7) is 3.48. The Morgan fingerprint density at radius 3 is 2.54 bits per heavy atom. The summed E-state index contributed by atoms with van der Waals surface area (Å²) in [5.41, 5.74) is 3.14. The van der Waals surface area contributed by atoms with Gasteiger partial charge in [0.25, 0.3) is 5.91 Å². The van der Waals surface area contributed by atoms with E-state index in [1.165, 1.54) is 30.1 Å². The molecule has 1 fully saturated rings. The first-order valence-corrected chi connectivity index (χ1v) is 9.22. The first-order valence-electron chi connectivity index (χ1n) is 8.45. The van der Waals surface area contributed by atoms with Gasteiger partial charge in [0, 0.05) is 32.9 Å². The molecule has 6 heteroatoms. The molecule has 1 aliphatic rings. The third-order valence-corrected chi connectivity index (χ3v) is 5.13. The molecule has 1 aromatic carbocycles. The van der Waals surface area contributed by atoms with Gasteiger partial charge in [0.1, 0.15) is 4.88 Å².